The number of amides is 1. The fourth-order valence-corrected chi connectivity index (χ4v) is 9.29. The Balaban J connectivity index is 1.37. The SMILES string of the molecule is CC(O)C1C(=O)N2C(C(=O)[O-])=C3C(CCCC3N3c4cccc5c(Cn6cc[n+](C)c6)ccc(c45)S3(=O)=O)C12. The van der Waals surface area contributed by atoms with Crippen molar-refractivity contribution in [3.05, 3.63) is 65.9 Å². The molecule has 10 nitrogen and oxygen atoms in total. The topological polar surface area (TPSA) is 127 Å². The number of aromatic nitrogens is 2. The highest BCUT2D eigenvalue weighted by Gasteiger charge is 2.62. The number of β-lactam (4-membered cyclic amide) rings is 1. The number of fused-ring (bicyclic) bond motifs is 3. The molecule has 11 heteroatoms. The summed E-state index contributed by atoms with van der Waals surface area (Å²) in [4.78, 5) is 26.8. The van der Waals surface area contributed by atoms with Crippen LogP contribution in [0.25, 0.3) is 10.8 Å². The summed E-state index contributed by atoms with van der Waals surface area (Å²) in [6.45, 7) is 2.09. The molecule has 2 aromatic carbocycles. The van der Waals surface area contributed by atoms with Crippen LogP contribution in [0, 0.1) is 11.8 Å². The van der Waals surface area contributed by atoms with Crippen molar-refractivity contribution in [2.45, 2.75) is 55.8 Å². The summed E-state index contributed by atoms with van der Waals surface area (Å²) in [5.74, 6) is -3.00. The Morgan fingerprint density at radius 1 is 1.23 bits per heavy atom. The van der Waals surface area contributed by atoms with Crippen molar-refractivity contribution in [3.63, 3.8) is 0 Å². The first-order valence-corrected chi connectivity index (χ1v) is 14.6. The molecule has 3 aliphatic heterocycles. The molecule has 1 amide bonds. The Bertz CT molecular complexity index is 1720. The Kier molecular flexibility index (Phi) is 5.09. The summed E-state index contributed by atoms with van der Waals surface area (Å²) in [5.41, 5.74) is 1.69. The van der Waals surface area contributed by atoms with Crippen molar-refractivity contribution < 1.29 is 32.8 Å². The molecule has 0 radical (unpaired) electrons. The molecule has 4 aliphatic rings. The number of carboxylic acids is 1. The zero-order valence-electron chi connectivity index (χ0n) is 21.5. The minimum atomic E-state index is -4.01. The second kappa shape index (κ2) is 8.15. The van der Waals surface area contributed by atoms with Crippen LogP contribution in [0.2, 0.25) is 0 Å². The van der Waals surface area contributed by atoms with E-state index in [0.717, 1.165) is 10.9 Å². The maximum atomic E-state index is 14.1. The molecule has 1 aromatic heterocycles. The van der Waals surface area contributed by atoms with E-state index >= 15 is 0 Å². The van der Waals surface area contributed by atoms with E-state index in [2.05, 4.69) is 0 Å². The predicted molar refractivity (Wildman–Crippen MR) is 137 cm³/mol. The van der Waals surface area contributed by atoms with Gasteiger partial charge in [-0.1, -0.05) is 24.6 Å². The molecule has 4 heterocycles. The average molecular weight is 549 g/mol. The van der Waals surface area contributed by atoms with Crippen LogP contribution in [0.4, 0.5) is 5.69 Å². The monoisotopic (exact) mass is 548 g/mol. The average Bonchev–Trinajstić information content (AvgIpc) is 3.49. The van der Waals surface area contributed by atoms with Crippen molar-refractivity contribution in [3.8, 4) is 0 Å². The van der Waals surface area contributed by atoms with Gasteiger partial charge in [0, 0.05) is 16.9 Å². The van der Waals surface area contributed by atoms with Gasteiger partial charge >= 0.3 is 0 Å². The van der Waals surface area contributed by atoms with E-state index in [0.29, 0.717) is 42.5 Å². The molecular formula is C28H28N4O6S. The molecule has 1 N–H and O–H groups in total. The number of aliphatic hydroxyl groups is 1. The lowest BCUT2D eigenvalue weighted by atomic mass is 9.71. The summed E-state index contributed by atoms with van der Waals surface area (Å²) in [6, 6.07) is 7.74. The van der Waals surface area contributed by atoms with Gasteiger partial charge in [-0.25, -0.2) is 17.6 Å². The van der Waals surface area contributed by atoms with Gasteiger partial charge in [0.05, 0.1) is 53.4 Å². The van der Waals surface area contributed by atoms with Crippen molar-refractivity contribution in [1.82, 2.24) is 9.47 Å². The molecule has 3 aromatic rings. The van der Waals surface area contributed by atoms with Gasteiger partial charge in [-0.05, 0) is 42.9 Å². The van der Waals surface area contributed by atoms with Gasteiger partial charge < -0.3 is 19.9 Å². The van der Waals surface area contributed by atoms with Crippen LogP contribution in [0.3, 0.4) is 0 Å². The molecule has 1 saturated carbocycles. The normalized spacial score (nSPS) is 27.5. The van der Waals surface area contributed by atoms with Crippen molar-refractivity contribution in [2.24, 2.45) is 18.9 Å². The van der Waals surface area contributed by atoms with Gasteiger partial charge in [0.15, 0.2) is 0 Å². The van der Waals surface area contributed by atoms with E-state index in [1.54, 1.807) is 12.1 Å². The number of hydrogen-bond donors (Lipinski definition) is 1. The highest BCUT2D eigenvalue weighted by atomic mass is 32.2. The Hall–Kier alpha value is -3.70. The first-order chi connectivity index (χ1) is 18.6. The third-order valence-electron chi connectivity index (χ3n) is 8.88. The van der Waals surface area contributed by atoms with Crippen molar-refractivity contribution in [1.29, 1.82) is 0 Å². The summed E-state index contributed by atoms with van der Waals surface area (Å²) < 4.78 is 33.6. The third-order valence-corrected chi connectivity index (χ3v) is 10.7. The number of aliphatic carboxylic acids is 1. The van der Waals surface area contributed by atoms with Gasteiger partial charge in [-0.2, -0.15) is 0 Å². The number of anilines is 1. The molecule has 1 aliphatic carbocycles. The van der Waals surface area contributed by atoms with E-state index in [1.165, 1.54) is 16.1 Å². The van der Waals surface area contributed by atoms with Gasteiger partial charge in [0.1, 0.15) is 18.9 Å². The molecule has 2 fully saturated rings. The molecule has 39 heavy (non-hydrogen) atoms. The van der Waals surface area contributed by atoms with E-state index in [-0.39, 0.29) is 16.5 Å². The fourth-order valence-electron chi connectivity index (χ4n) is 7.40. The Morgan fingerprint density at radius 2 is 2.03 bits per heavy atom. The van der Waals surface area contributed by atoms with Crippen LogP contribution in [0.1, 0.15) is 31.7 Å². The van der Waals surface area contributed by atoms with Crippen LogP contribution >= 0.6 is 0 Å². The predicted octanol–water partition coefficient (Wildman–Crippen LogP) is 0.417. The lowest BCUT2D eigenvalue weighted by Gasteiger charge is -2.48. The zero-order valence-corrected chi connectivity index (χ0v) is 22.3. The van der Waals surface area contributed by atoms with Gasteiger partial charge in [-0.15, -0.1) is 0 Å². The number of imidazole rings is 1. The molecular weight excluding hydrogens is 520 g/mol. The summed E-state index contributed by atoms with van der Waals surface area (Å²) >= 11 is 0. The molecule has 1 saturated heterocycles. The second-order valence-electron chi connectivity index (χ2n) is 11.1. The fraction of sp³-hybridized carbons (Fsp3) is 0.393. The van der Waals surface area contributed by atoms with Crippen LogP contribution < -0.4 is 14.0 Å². The Morgan fingerprint density at radius 3 is 2.72 bits per heavy atom. The van der Waals surface area contributed by atoms with E-state index in [9.17, 15) is 28.2 Å². The highest BCUT2D eigenvalue weighted by molar-refractivity contribution is 7.93. The quantitative estimate of drug-likeness (QED) is 0.364. The maximum Gasteiger partial charge on any atom is 0.265 e. The summed E-state index contributed by atoms with van der Waals surface area (Å²) in [6.07, 6.45) is 6.61. The first kappa shape index (κ1) is 24.3. The van der Waals surface area contributed by atoms with Gasteiger partial charge in [0.25, 0.3) is 10.0 Å². The highest BCUT2D eigenvalue weighted by Crippen LogP contribution is 2.55. The van der Waals surface area contributed by atoms with Crippen LogP contribution in [-0.2, 0) is 33.2 Å². The van der Waals surface area contributed by atoms with Gasteiger partial charge in [-0.3, -0.25) is 9.10 Å². The zero-order chi connectivity index (χ0) is 27.4. The lowest BCUT2D eigenvalue weighted by molar-refractivity contribution is -0.671. The molecule has 5 unspecified atom stereocenters. The van der Waals surface area contributed by atoms with Gasteiger partial charge in [0.2, 0.25) is 12.2 Å². The summed E-state index contributed by atoms with van der Waals surface area (Å²) in [5, 5.41) is 24.2. The van der Waals surface area contributed by atoms with Crippen molar-refractivity contribution >= 4 is 38.4 Å². The number of aliphatic hydroxyl groups excluding tert-OH is 1. The molecule has 0 bridgehead atoms. The molecule has 0 spiro atoms. The number of carboxylic acid groups (broad SMARTS) is 1. The number of hydrogen-bond acceptors (Lipinski definition) is 6. The summed E-state index contributed by atoms with van der Waals surface area (Å²) in [7, 11) is -2.07. The first-order valence-electron chi connectivity index (χ1n) is 13.2. The number of aryl methyl sites for hydroxylation is 1. The molecule has 5 atom stereocenters. The number of rotatable bonds is 5. The van der Waals surface area contributed by atoms with E-state index in [1.807, 2.05) is 53.1 Å². The second-order valence-corrected chi connectivity index (χ2v) is 12.9. The standard InChI is InChI=1S/C28H28N4O6S/c1-15(33)22-25-18-6-4-8-20(24(18)26(28(35)36)31(25)27(22)34)32-19-7-3-5-17-16(13-30-12-11-29(2)14-30)9-10-21(23(17)19)39(32,37)38/h3,5,7,9-12,14-15,18,20,22,25,33H,4,6,8,13H2,1-2H3. The Labute approximate surface area is 225 Å². The number of nitrogens with zero attached hydrogens (tertiary/aromatic N) is 4. The number of carbonyl (C=O) groups is 2. The molecule has 202 valence electrons. The van der Waals surface area contributed by atoms with Crippen molar-refractivity contribution in [2.75, 3.05) is 4.31 Å². The maximum absolute atomic E-state index is 14.1. The number of benzene rings is 2. The smallest absolute Gasteiger partial charge is 0.265 e. The number of sulfonamides is 1. The van der Waals surface area contributed by atoms with Crippen LogP contribution in [-0.4, -0.2) is 53.1 Å². The largest absolute Gasteiger partial charge is 0.543 e. The van der Waals surface area contributed by atoms with Crippen LogP contribution in [0.15, 0.2) is 65.2 Å². The lowest BCUT2D eigenvalue weighted by Crippen LogP contribution is -2.64. The minimum Gasteiger partial charge on any atom is -0.543 e. The van der Waals surface area contributed by atoms with Crippen LogP contribution in [0.5, 0.6) is 0 Å². The van der Waals surface area contributed by atoms with E-state index < -0.39 is 46.0 Å². The van der Waals surface area contributed by atoms with E-state index in [4.69, 9.17) is 0 Å². The third kappa shape index (κ3) is 3.17. The molecule has 7 rings (SSSR count). The minimum absolute atomic E-state index is 0.201. The number of carbonyl (C=O) groups excluding carboxylic acids is 2.